The SMILES string of the molecule is COc1nc(C2CC2)nc(OC(C)C)c1CN1CC(C(c2ccccc2)c2ccccc2)N2CCN(C(=O)C3COCCO3)C[C@H]2C1.Cl.Cl. The van der Waals surface area contributed by atoms with Crippen LogP contribution in [0.25, 0.3) is 0 Å². The Kier molecular flexibility index (Phi) is 12.8. The molecule has 12 heteroatoms. The number of amides is 1. The second kappa shape index (κ2) is 16.8. The standard InChI is InChI=1S/C37H47N5O5.2ClH/c1-25(2)47-36-30(35(44-3)38-34(39-36)28-14-15-28)22-40-20-29-21-41(37(43)32-24-45-18-19-46-32)16-17-42(29)31(23-40)33(26-10-6-4-7-11-26)27-12-8-5-9-13-27;;/h4-13,25,28-29,31-33H,14-24H2,1-3H3;2*1H/t29-,31?,32?;;/m1../s1. The van der Waals surface area contributed by atoms with Crippen LogP contribution in [0.4, 0.5) is 0 Å². The molecule has 0 N–H and O–H groups in total. The minimum Gasteiger partial charge on any atom is -0.481 e. The Balaban J connectivity index is 0.00000234. The number of hydrogen-bond acceptors (Lipinski definition) is 9. The number of rotatable bonds is 10. The van der Waals surface area contributed by atoms with Gasteiger partial charge >= 0.3 is 0 Å². The summed E-state index contributed by atoms with van der Waals surface area (Å²) in [7, 11) is 1.69. The molecule has 49 heavy (non-hydrogen) atoms. The van der Waals surface area contributed by atoms with Crippen molar-refractivity contribution in [2.24, 2.45) is 0 Å². The van der Waals surface area contributed by atoms with E-state index in [9.17, 15) is 4.79 Å². The summed E-state index contributed by atoms with van der Waals surface area (Å²) in [5, 5.41) is 0. The van der Waals surface area contributed by atoms with E-state index >= 15 is 0 Å². The molecule has 10 nitrogen and oxygen atoms in total. The molecule has 3 aromatic rings. The Morgan fingerprint density at radius 1 is 0.898 bits per heavy atom. The maximum Gasteiger partial charge on any atom is 0.254 e. The molecule has 7 rings (SSSR count). The Labute approximate surface area is 302 Å². The molecule has 0 bridgehead atoms. The second-order valence-corrected chi connectivity index (χ2v) is 13.5. The average molecular weight is 715 g/mol. The van der Waals surface area contributed by atoms with E-state index in [-0.39, 0.29) is 54.8 Å². The highest BCUT2D eigenvalue weighted by Gasteiger charge is 2.44. The number of benzene rings is 2. The van der Waals surface area contributed by atoms with Gasteiger partial charge < -0.3 is 23.8 Å². The van der Waals surface area contributed by atoms with Crippen molar-refractivity contribution in [2.45, 2.75) is 69.4 Å². The fourth-order valence-corrected chi connectivity index (χ4v) is 7.46. The maximum absolute atomic E-state index is 13.6. The average Bonchev–Trinajstić information content (AvgIpc) is 3.96. The Morgan fingerprint density at radius 2 is 1.57 bits per heavy atom. The van der Waals surface area contributed by atoms with E-state index in [1.807, 2.05) is 18.7 Å². The summed E-state index contributed by atoms with van der Waals surface area (Å²) >= 11 is 0. The quantitative estimate of drug-likeness (QED) is 0.290. The van der Waals surface area contributed by atoms with Gasteiger partial charge in [0, 0.05) is 63.2 Å². The van der Waals surface area contributed by atoms with Crippen molar-refractivity contribution >= 4 is 30.7 Å². The van der Waals surface area contributed by atoms with Crippen molar-refractivity contribution in [3.8, 4) is 11.8 Å². The molecule has 1 saturated carbocycles. The fraction of sp³-hybridized carbons (Fsp3) is 0.541. The number of carbonyl (C=O) groups excluding carboxylic acids is 1. The monoisotopic (exact) mass is 713 g/mol. The first-order valence-corrected chi connectivity index (χ1v) is 17.2. The molecular formula is C37H49Cl2N5O5. The summed E-state index contributed by atoms with van der Waals surface area (Å²) in [4.78, 5) is 30.6. The number of methoxy groups -OCH3 is 1. The molecule has 0 radical (unpaired) electrons. The second-order valence-electron chi connectivity index (χ2n) is 13.5. The van der Waals surface area contributed by atoms with Crippen molar-refractivity contribution in [1.82, 2.24) is 24.7 Å². The van der Waals surface area contributed by atoms with Crippen LogP contribution in [0, 0.1) is 0 Å². The van der Waals surface area contributed by atoms with Crippen molar-refractivity contribution in [2.75, 3.05) is 59.7 Å². The zero-order valence-electron chi connectivity index (χ0n) is 28.6. The molecule has 1 aromatic heterocycles. The van der Waals surface area contributed by atoms with Crippen LogP contribution in [-0.2, 0) is 20.8 Å². The Hall–Kier alpha value is -2.99. The van der Waals surface area contributed by atoms with Gasteiger partial charge in [0.1, 0.15) is 5.82 Å². The first kappa shape index (κ1) is 37.3. The minimum atomic E-state index is -0.533. The molecule has 2 unspecified atom stereocenters. The number of carbonyl (C=O) groups is 1. The molecule has 266 valence electrons. The van der Waals surface area contributed by atoms with Gasteiger partial charge in [-0.2, -0.15) is 9.97 Å². The summed E-state index contributed by atoms with van der Waals surface area (Å²) in [6.07, 6.45) is 1.63. The third-order valence-corrected chi connectivity index (χ3v) is 9.79. The van der Waals surface area contributed by atoms with E-state index in [2.05, 4.69) is 70.5 Å². The van der Waals surface area contributed by atoms with E-state index in [1.54, 1.807) is 7.11 Å². The van der Waals surface area contributed by atoms with Gasteiger partial charge in [-0.15, -0.1) is 24.8 Å². The Bertz CT molecular complexity index is 1470. The first-order valence-electron chi connectivity index (χ1n) is 17.2. The first-order chi connectivity index (χ1) is 23.0. The molecule has 4 aliphatic rings. The molecule has 3 saturated heterocycles. The maximum atomic E-state index is 13.6. The highest BCUT2D eigenvalue weighted by Crippen LogP contribution is 2.42. The number of piperazine rings is 2. The third-order valence-electron chi connectivity index (χ3n) is 9.79. The van der Waals surface area contributed by atoms with E-state index in [4.69, 9.17) is 28.9 Å². The number of aromatic nitrogens is 2. The van der Waals surface area contributed by atoms with Gasteiger partial charge in [0.05, 0.1) is 38.6 Å². The zero-order valence-corrected chi connectivity index (χ0v) is 30.2. The number of ether oxygens (including phenoxy) is 4. The highest BCUT2D eigenvalue weighted by molar-refractivity contribution is 5.85. The molecule has 1 amide bonds. The lowest BCUT2D eigenvalue weighted by atomic mass is 9.81. The smallest absolute Gasteiger partial charge is 0.254 e. The van der Waals surface area contributed by atoms with Crippen LogP contribution < -0.4 is 9.47 Å². The van der Waals surface area contributed by atoms with Gasteiger partial charge in [-0.3, -0.25) is 14.6 Å². The molecule has 1 aliphatic carbocycles. The van der Waals surface area contributed by atoms with Crippen molar-refractivity contribution in [1.29, 1.82) is 0 Å². The van der Waals surface area contributed by atoms with E-state index < -0.39 is 6.10 Å². The summed E-state index contributed by atoms with van der Waals surface area (Å²) < 4.78 is 23.7. The molecule has 4 fully saturated rings. The van der Waals surface area contributed by atoms with Gasteiger partial charge in [-0.1, -0.05) is 60.7 Å². The van der Waals surface area contributed by atoms with Gasteiger partial charge in [0.2, 0.25) is 11.8 Å². The lowest BCUT2D eigenvalue weighted by Crippen LogP contribution is -2.68. The number of nitrogens with zero attached hydrogens (tertiary/aromatic N) is 5. The normalized spacial score (nSPS) is 23.0. The largest absolute Gasteiger partial charge is 0.481 e. The summed E-state index contributed by atoms with van der Waals surface area (Å²) in [5.41, 5.74) is 3.45. The Morgan fingerprint density at radius 3 is 2.16 bits per heavy atom. The predicted octanol–water partition coefficient (Wildman–Crippen LogP) is 4.94. The van der Waals surface area contributed by atoms with Crippen LogP contribution in [-0.4, -0.2) is 115 Å². The van der Waals surface area contributed by atoms with Crippen LogP contribution in [0.2, 0.25) is 0 Å². The molecule has 3 aliphatic heterocycles. The van der Waals surface area contributed by atoms with Gasteiger partial charge in [0.15, 0.2) is 6.10 Å². The zero-order chi connectivity index (χ0) is 32.3. The van der Waals surface area contributed by atoms with Gasteiger partial charge in [-0.25, -0.2) is 0 Å². The highest BCUT2D eigenvalue weighted by atomic mass is 35.5. The fourth-order valence-electron chi connectivity index (χ4n) is 7.46. The predicted molar refractivity (Wildman–Crippen MR) is 192 cm³/mol. The summed E-state index contributed by atoms with van der Waals surface area (Å²) in [6.45, 7) is 9.66. The van der Waals surface area contributed by atoms with Crippen LogP contribution in [0.15, 0.2) is 60.7 Å². The number of halogens is 2. The van der Waals surface area contributed by atoms with Crippen LogP contribution >= 0.6 is 24.8 Å². The topological polar surface area (TPSA) is 89.5 Å². The summed E-state index contributed by atoms with van der Waals surface area (Å²) in [6, 6.07) is 21.9. The minimum absolute atomic E-state index is 0. The van der Waals surface area contributed by atoms with Crippen LogP contribution in [0.1, 0.15) is 61.0 Å². The van der Waals surface area contributed by atoms with Crippen molar-refractivity contribution in [3.63, 3.8) is 0 Å². The van der Waals surface area contributed by atoms with E-state index in [0.717, 1.165) is 43.9 Å². The van der Waals surface area contributed by atoms with E-state index in [0.29, 0.717) is 57.1 Å². The molecule has 2 aromatic carbocycles. The number of fused-ring (bicyclic) bond motifs is 1. The third kappa shape index (κ3) is 8.49. The van der Waals surface area contributed by atoms with Crippen LogP contribution in [0.3, 0.4) is 0 Å². The summed E-state index contributed by atoms with van der Waals surface area (Å²) in [5.74, 6) is 2.56. The molecule has 3 atom stereocenters. The number of hydrogen-bond donors (Lipinski definition) is 0. The van der Waals surface area contributed by atoms with Crippen LogP contribution in [0.5, 0.6) is 11.8 Å². The van der Waals surface area contributed by atoms with Gasteiger partial charge in [-0.05, 0) is 37.8 Å². The van der Waals surface area contributed by atoms with Gasteiger partial charge in [0.25, 0.3) is 5.91 Å². The lowest BCUT2D eigenvalue weighted by Gasteiger charge is -2.54. The molecule has 4 heterocycles. The van der Waals surface area contributed by atoms with E-state index in [1.165, 1.54) is 11.1 Å². The van der Waals surface area contributed by atoms with Crippen molar-refractivity contribution in [3.05, 3.63) is 83.2 Å². The van der Waals surface area contributed by atoms with Crippen molar-refractivity contribution < 1.29 is 23.7 Å². The molecular weight excluding hydrogens is 665 g/mol. The lowest BCUT2D eigenvalue weighted by molar-refractivity contribution is -0.162. The molecule has 0 spiro atoms.